The molecule has 0 bridgehead atoms. The maximum Gasteiger partial charge on any atom is 0.290 e. The second-order valence-electron chi connectivity index (χ2n) is 6.62. The first-order chi connectivity index (χ1) is 14.4. The van der Waals surface area contributed by atoms with Crippen molar-refractivity contribution in [2.75, 3.05) is 6.61 Å². The van der Waals surface area contributed by atoms with Gasteiger partial charge in [-0.2, -0.15) is 5.10 Å². The van der Waals surface area contributed by atoms with Gasteiger partial charge in [-0.15, -0.1) is 0 Å². The Kier molecular flexibility index (Phi) is 6.68. The van der Waals surface area contributed by atoms with Crippen LogP contribution in [-0.2, 0) is 11.3 Å². The van der Waals surface area contributed by atoms with Crippen molar-refractivity contribution in [3.05, 3.63) is 69.1 Å². The van der Waals surface area contributed by atoms with E-state index in [1.54, 1.807) is 42.5 Å². The lowest BCUT2D eigenvalue weighted by Crippen LogP contribution is -2.44. The van der Waals surface area contributed by atoms with Crippen LogP contribution >= 0.6 is 11.6 Å². The molecule has 3 rings (SSSR count). The summed E-state index contributed by atoms with van der Waals surface area (Å²) in [6.07, 6.45) is 0.685. The van der Waals surface area contributed by atoms with Crippen LogP contribution in [-0.4, -0.2) is 28.2 Å². The van der Waals surface area contributed by atoms with E-state index in [0.29, 0.717) is 34.5 Å². The summed E-state index contributed by atoms with van der Waals surface area (Å²) in [6.45, 7) is 3.80. The molecule has 30 heavy (non-hydrogen) atoms. The van der Waals surface area contributed by atoms with Gasteiger partial charge in [0.05, 0.1) is 5.39 Å². The van der Waals surface area contributed by atoms with Gasteiger partial charge >= 0.3 is 0 Å². The Balaban J connectivity index is 1.70. The van der Waals surface area contributed by atoms with Crippen molar-refractivity contribution in [1.29, 1.82) is 0 Å². The topological polar surface area (TPSA) is 102 Å². The summed E-state index contributed by atoms with van der Waals surface area (Å²) in [5.74, 6) is -0.670. The summed E-state index contributed by atoms with van der Waals surface area (Å²) < 4.78 is 6.70. The SMILES string of the molecule is CCCn1nc(C(=O)NNC(=O)COc2ccc(Cl)cc2C)c2ccccc2c1=O. The number of nitrogens with one attached hydrogen (secondary N) is 2. The van der Waals surface area contributed by atoms with Crippen LogP contribution in [0.15, 0.2) is 47.3 Å². The first-order valence-electron chi connectivity index (χ1n) is 9.38. The van der Waals surface area contributed by atoms with Gasteiger partial charge in [0, 0.05) is 17.0 Å². The number of ether oxygens (including phenoxy) is 1. The number of carbonyl (C=O) groups excluding carboxylic acids is 2. The highest BCUT2D eigenvalue weighted by Crippen LogP contribution is 2.21. The van der Waals surface area contributed by atoms with Gasteiger partial charge in [0.15, 0.2) is 12.3 Å². The van der Waals surface area contributed by atoms with Gasteiger partial charge in [-0.3, -0.25) is 25.2 Å². The number of aryl methyl sites for hydroxylation is 2. The number of rotatable bonds is 6. The maximum atomic E-state index is 12.6. The van der Waals surface area contributed by atoms with Crippen LogP contribution < -0.4 is 21.1 Å². The van der Waals surface area contributed by atoms with Gasteiger partial charge in [-0.25, -0.2) is 4.68 Å². The Morgan fingerprint density at radius 2 is 1.87 bits per heavy atom. The molecule has 0 radical (unpaired) electrons. The van der Waals surface area contributed by atoms with Crippen molar-refractivity contribution < 1.29 is 14.3 Å². The molecule has 0 unspecified atom stereocenters. The number of hydrogen-bond donors (Lipinski definition) is 2. The number of benzene rings is 2. The Labute approximate surface area is 177 Å². The van der Waals surface area contributed by atoms with E-state index in [1.807, 2.05) is 13.8 Å². The van der Waals surface area contributed by atoms with E-state index >= 15 is 0 Å². The maximum absolute atomic E-state index is 12.6. The molecule has 2 amide bonds. The molecule has 0 aliphatic carbocycles. The summed E-state index contributed by atoms with van der Waals surface area (Å²) >= 11 is 5.89. The summed E-state index contributed by atoms with van der Waals surface area (Å²) in [4.78, 5) is 37.2. The summed E-state index contributed by atoms with van der Waals surface area (Å²) in [6, 6.07) is 11.8. The third kappa shape index (κ3) is 4.77. The lowest BCUT2D eigenvalue weighted by molar-refractivity contribution is -0.123. The number of halogens is 1. The zero-order valence-corrected chi connectivity index (χ0v) is 17.3. The van der Waals surface area contributed by atoms with Gasteiger partial charge in [-0.1, -0.05) is 36.7 Å². The van der Waals surface area contributed by atoms with E-state index in [-0.39, 0.29) is 17.9 Å². The van der Waals surface area contributed by atoms with Gasteiger partial charge < -0.3 is 4.74 Å². The number of aromatic nitrogens is 2. The molecule has 0 aliphatic heterocycles. The fourth-order valence-corrected chi connectivity index (χ4v) is 3.13. The van der Waals surface area contributed by atoms with Crippen molar-refractivity contribution in [2.24, 2.45) is 0 Å². The first-order valence-corrected chi connectivity index (χ1v) is 9.76. The monoisotopic (exact) mass is 428 g/mol. The van der Waals surface area contributed by atoms with Crippen LogP contribution in [0.3, 0.4) is 0 Å². The molecule has 3 aromatic rings. The highest BCUT2D eigenvalue weighted by molar-refractivity contribution is 6.30. The summed E-state index contributed by atoms with van der Waals surface area (Å²) in [5, 5.41) is 5.55. The zero-order chi connectivity index (χ0) is 21.7. The van der Waals surface area contributed by atoms with Crippen molar-refractivity contribution in [3.8, 4) is 5.75 Å². The fraction of sp³-hybridized carbons (Fsp3) is 0.238. The fourth-order valence-electron chi connectivity index (χ4n) is 2.91. The van der Waals surface area contributed by atoms with Crippen LogP contribution in [0, 0.1) is 6.92 Å². The number of hydrogen-bond acceptors (Lipinski definition) is 5. The van der Waals surface area contributed by atoms with Crippen LogP contribution in [0.4, 0.5) is 0 Å². The lowest BCUT2D eigenvalue weighted by atomic mass is 10.1. The molecule has 2 N–H and O–H groups in total. The molecule has 1 aromatic heterocycles. The number of hydrazine groups is 1. The number of carbonyl (C=O) groups is 2. The van der Waals surface area contributed by atoms with Crippen LogP contribution in [0.2, 0.25) is 5.02 Å². The third-order valence-corrected chi connectivity index (χ3v) is 4.56. The Morgan fingerprint density at radius 3 is 2.57 bits per heavy atom. The molecule has 8 nitrogen and oxygen atoms in total. The standard InChI is InChI=1S/C21H21ClN4O4/c1-3-10-26-21(29)16-7-5-4-6-15(16)19(25-26)20(28)24-23-18(27)12-30-17-9-8-14(22)11-13(17)2/h4-9,11H,3,10,12H2,1-2H3,(H,23,27)(H,24,28). The summed E-state index contributed by atoms with van der Waals surface area (Å²) in [5.41, 5.74) is 5.19. The van der Waals surface area contributed by atoms with Crippen molar-refractivity contribution in [2.45, 2.75) is 26.8 Å². The van der Waals surface area contributed by atoms with Crippen LogP contribution in [0.1, 0.15) is 29.4 Å². The number of nitrogens with zero attached hydrogens (tertiary/aromatic N) is 2. The third-order valence-electron chi connectivity index (χ3n) is 4.33. The molecular formula is C21H21ClN4O4. The van der Waals surface area contributed by atoms with Crippen molar-refractivity contribution in [3.63, 3.8) is 0 Å². The van der Waals surface area contributed by atoms with Gasteiger partial charge in [0.2, 0.25) is 0 Å². The van der Waals surface area contributed by atoms with Crippen molar-refractivity contribution >= 4 is 34.2 Å². The van der Waals surface area contributed by atoms with Gasteiger partial charge in [0.1, 0.15) is 5.75 Å². The van der Waals surface area contributed by atoms with E-state index in [2.05, 4.69) is 16.0 Å². The minimum atomic E-state index is -0.632. The molecule has 0 fully saturated rings. The molecule has 0 spiro atoms. The average molecular weight is 429 g/mol. The highest BCUT2D eigenvalue weighted by atomic mass is 35.5. The quantitative estimate of drug-likeness (QED) is 0.587. The Bertz CT molecular complexity index is 1160. The van der Waals surface area contributed by atoms with Gasteiger partial charge in [-0.05, 0) is 43.2 Å². The smallest absolute Gasteiger partial charge is 0.290 e. The molecule has 1 heterocycles. The molecule has 9 heteroatoms. The molecular weight excluding hydrogens is 408 g/mol. The lowest BCUT2D eigenvalue weighted by Gasteiger charge is -2.12. The average Bonchev–Trinajstić information content (AvgIpc) is 2.73. The van der Waals surface area contributed by atoms with E-state index < -0.39 is 11.8 Å². The number of amides is 2. The highest BCUT2D eigenvalue weighted by Gasteiger charge is 2.17. The molecule has 0 aliphatic rings. The van der Waals surface area contributed by atoms with Crippen molar-refractivity contribution in [1.82, 2.24) is 20.6 Å². The van der Waals surface area contributed by atoms with E-state index in [1.165, 1.54) is 4.68 Å². The molecule has 0 saturated carbocycles. The zero-order valence-electron chi connectivity index (χ0n) is 16.6. The first kappa shape index (κ1) is 21.3. The molecule has 156 valence electrons. The van der Waals surface area contributed by atoms with Crippen LogP contribution in [0.5, 0.6) is 5.75 Å². The minimum absolute atomic E-state index is 0.0495. The largest absolute Gasteiger partial charge is 0.483 e. The van der Waals surface area contributed by atoms with E-state index in [0.717, 1.165) is 5.56 Å². The summed E-state index contributed by atoms with van der Waals surface area (Å²) in [7, 11) is 0. The second-order valence-corrected chi connectivity index (χ2v) is 7.06. The Morgan fingerprint density at radius 1 is 1.13 bits per heavy atom. The normalized spacial score (nSPS) is 10.6. The molecule has 0 atom stereocenters. The Hall–Kier alpha value is -3.39. The predicted octanol–water partition coefficient (Wildman–Crippen LogP) is 2.61. The molecule has 0 saturated heterocycles. The van der Waals surface area contributed by atoms with Crippen LogP contribution in [0.25, 0.3) is 10.8 Å². The number of fused-ring (bicyclic) bond motifs is 1. The minimum Gasteiger partial charge on any atom is -0.483 e. The molecule has 2 aromatic carbocycles. The second kappa shape index (κ2) is 9.41. The predicted molar refractivity (Wildman–Crippen MR) is 114 cm³/mol. The van der Waals surface area contributed by atoms with Gasteiger partial charge in [0.25, 0.3) is 17.4 Å². The van der Waals surface area contributed by atoms with E-state index in [4.69, 9.17) is 16.3 Å². The van der Waals surface area contributed by atoms with E-state index in [9.17, 15) is 14.4 Å².